The molecule has 34 heavy (non-hydrogen) atoms. The van der Waals surface area contributed by atoms with Crippen LogP contribution in [0.25, 0.3) is 0 Å². The molecule has 6 N–H and O–H groups in total. The van der Waals surface area contributed by atoms with E-state index in [0.717, 1.165) is 11.1 Å². The zero-order chi connectivity index (χ0) is 24.7. The van der Waals surface area contributed by atoms with Crippen molar-refractivity contribution in [3.63, 3.8) is 0 Å². The molecule has 3 aromatic carbocycles. The number of carbonyl (C=O) groups is 2. The Morgan fingerprint density at radius 1 is 1.06 bits per heavy atom. The predicted octanol–water partition coefficient (Wildman–Crippen LogP) is 4.00. The first kappa shape index (κ1) is 24.8. The lowest BCUT2D eigenvalue weighted by atomic mass is 10.1. The highest BCUT2D eigenvalue weighted by molar-refractivity contribution is 6.31. The van der Waals surface area contributed by atoms with Crippen molar-refractivity contribution in [1.82, 2.24) is 4.90 Å². The molecule has 0 heterocycles. The molecular weight excluding hydrogens is 454 g/mol. The number of aliphatic carboxylic acids is 1. The topological polar surface area (TPSA) is 132 Å². The fraction of sp³-hybridized carbons (Fsp3) is 0.160. The summed E-state index contributed by atoms with van der Waals surface area (Å²) in [5.74, 6) is -1.27. The number of carboxylic acid groups (broad SMARTS) is 1. The third-order valence-corrected chi connectivity index (χ3v) is 5.35. The summed E-state index contributed by atoms with van der Waals surface area (Å²) in [6.07, 6.45) is 0. The Morgan fingerprint density at radius 2 is 1.74 bits per heavy atom. The standard InChI is InChI=1S/C25H26ClN5O3/c1-31(15-23(32)33)14-18-5-3-2-4-17(18)13-29-22-11-8-19(26)12-21(22)25(34)30-20-9-6-16(7-10-20)24(27)28/h2-12,29H,13-15H2,1H3,(H3,27,28)(H,30,34)(H,32,33). The molecule has 0 aromatic heterocycles. The van der Waals surface area contributed by atoms with E-state index in [9.17, 15) is 9.59 Å². The molecule has 0 aliphatic heterocycles. The molecule has 0 radical (unpaired) electrons. The molecule has 0 aliphatic rings. The first-order chi connectivity index (χ1) is 16.2. The Bertz CT molecular complexity index is 1200. The molecule has 0 fully saturated rings. The number of hydrogen-bond acceptors (Lipinski definition) is 5. The van der Waals surface area contributed by atoms with E-state index in [2.05, 4.69) is 10.6 Å². The molecule has 8 nitrogen and oxygen atoms in total. The smallest absolute Gasteiger partial charge is 0.317 e. The predicted molar refractivity (Wildman–Crippen MR) is 135 cm³/mol. The van der Waals surface area contributed by atoms with Crippen LogP contribution in [0.15, 0.2) is 66.7 Å². The summed E-state index contributed by atoms with van der Waals surface area (Å²) in [6.45, 7) is 0.858. The maximum absolute atomic E-state index is 13.0. The van der Waals surface area contributed by atoms with Crippen LogP contribution in [-0.4, -0.2) is 41.3 Å². The Balaban J connectivity index is 1.75. The Kier molecular flexibility index (Phi) is 8.24. The molecule has 3 aromatic rings. The molecule has 9 heteroatoms. The van der Waals surface area contributed by atoms with Gasteiger partial charge in [0.2, 0.25) is 0 Å². The number of amides is 1. The number of carbonyl (C=O) groups excluding carboxylic acids is 1. The van der Waals surface area contributed by atoms with Crippen LogP contribution in [0.5, 0.6) is 0 Å². The Labute approximate surface area is 202 Å². The summed E-state index contributed by atoms with van der Waals surface area (Å²) >= 11 is 6.16. The first-order valence-electron chi connectivity index (χ1n) is 10.5. The van der Waals surface area contributed by atoms with E-state index in [0.29, 0.717) is 40.6 Å². The van der Waals surface area contributed by atoms with Crippen LogP contribution in [0.1, 0.15) is 27.0 Å². The van der Waals surface area contributed by atoms with Crippen LogP contribution in [-0.2, 0) is 17.9 Å². The van der Waals surface area contributed by atoms with E-state index in [1.54, 1.807) is 54.4 Å². The van der Waals surface area contributed by atoms with Gasteiger partial charge in [-0.3, -0.25) is 19.9 Å². The van der Waals surface area contributed by atoms with Gasteiger partial charge in [0.05, 0.1) is 12.1 Å². The summed E-state index contributed by atoms with van der Waals surface area (Å²) in [6, 6.07) is 19.5. The van der Waals surface area contributed by atoms with Crippen molar-refractivity contribution in [2.24, 2.45) is 5.73 Å². The quantitative estimate of drug-likeness (QED) is 0.220. The fourth-order valence-electron chi connectivity index (χ4n) is 3.44. The number of amidine groups is 1. The van der Waals surface area contributed by atoms with Gasteiger partial charge in [0.15, 0.2) is 0 Å². The van der Waals surface area contributed by atoms with Crippen LogP contribution >= 0.6 is 11.6 Å². The highest BCUT2D eigenvalue weighted by Crippen LogP contribution is 2.24. The Hall–Kier alpha value is -3.88. The number of carboxylic acids is 1. The Morgan fingerprint density at radius 3 is 2.38 bits per heavy atom. The second kappa shape index (κ2) is 11.3. The van der Waals surface area contributed by atoms with Crippen molar-refractivity contribution < 1.29 is 14.7 Å². The second-order valence-electron chi connectivity index (χ2n) is 7.82. The largest absolute Gasteiger partial charge is 0.480 e. The monoisotopic (exact) mass is 479 g/mol. The molecule has 0 spiro atoms. The highest BCUT2D eigenvalue weighted by Gasteiger charge is 2.14. The lowest BCUT2D eigenvalue weighted by molar-refractivity contribution is -0.138. The average Bonchev–Trinajstić information content (AvgIpc) is 2.79. The number of nitrogen functional groups attached to an aromatic ring is 1. The van der Waals surface area contributed by atoms with E-state index in [4.69, 9.17) is 27.9 Å². The molecule has 0 unspecified atom stereocenters. The summed E-state index contributed by atoms with van der Waals surface area (Å²) in [5, 5.41) is 23.1. The number of halogens is 1. The normalized spacial score (nSPS) is 10.7. The van der Waals surface area contributed by atoms with Gasteiger partial charge >= 0.3 is 5.97 Å². The van der Waals surface area contributed by atoms with E-state index in [1.807, 2.05) is 24.3 Å². The lowest BCUT2D eigenvalue weighted by Gasteiger charge is -2.18. The van der Waals surface area contributed by atoms with Crippen molar-refractivity contribution in [3.05, 3.63) is 94.0 Å². The van der Waals surface area contributed by atoms with Gasteiger partial charge in [-0.1, -0.05) is 35.9 Å². The number of benzene rings is 3. The van der Waals surface area contributed by atoms with Gasteiger partial charge in [-0.05, 0) is 60.6 Å². The number of rotatable bonds is 10. The number of anilines is 2. The zero-order valence-electron chi connectivity index (χ0n) is 18.6. The van der Waals surface area contributed by atoms with Crippen LogP contribution in [0.4, 0.5) is 11.4 Å². The van der Waals surface area contributed by atoms with E-state index < -0.39 is 5.97 Å². The minimum atomic E-state index is -0.883. The molecule has 0 saturated carbocycles. The fourth-order valence-corrected chi connectivity index (χ4v) is 3.61. The lowest BCUT2D eigenvalue weighted by Crippen LogP contribution is -2.25. The van der Waals surface area contributed by atoms with Crippen LogP contribution in [0.3, 0.4) is 0 Å². The van der Waals surface area contributed by atoms with Crippen molar-refractivity contribution in [2.45, 2.75) is 13.1 Å². The molecule has 1 amide bonds. The van der Waals surface area contributed by atoms with Gasteiger partial charge < -0.3 is 21.5 Å². The minimum absolute atomic E-state index is 0.0476. The molecule has 176 valence electrons. The molecule has 0 atom stereocenters. The van der Waals surface area contributed by atoms with Crippen molar-refractivity contribution in [3.8, 4) is 0 Å². The number of nitrogens with one attached hydrogen (secondary N) is 3. The average molecular weight is 480 g/mol. The molecule has 0 bridgehead atoms. The third-order valence-electron chi connectivity index (χ3n) is 5.11. The second-order valence-corrected chi connectivity index (χ2v) is 8.26. The van der Waals surface area contributed by atoms with Crippen molar-refractivity contribution in [2.75, 3.05) is 24.2 Å². The number of likely N-dealkylation sites (N-methyl/N-ethyl adjacent to an activating group) is 1. The highest BCUT2D eigenvalue weighted by atomic mass is 35.5. The molecule has 0 saturated heterocycles. The number of nitrogens with zero attached hydrogens (tertiary/aromatic N) is 1. The number of nitrogens with two attached hydrogens (primary N) is 1. The SMILES string of the molecule is CN(CC(=O)O)Cc1ccccc1CNc1ccc(Cl)cc1C(=O)Nc1ccc(C(=N)N)cc1. The van der Waals surface area contributed by atoms with Crippen molar-refractivity contribution >= 4 is 40.7 Å². The molecule has 3 rings (SSSR count). The van der Waals surface area contributed by atoms with Gasteiger partial charge in [-0.2, -0.15) is 0 Å². The van der Waals surface area contributed by atoms with Gasteiger partial charge in [-0.25, -0.2) is 0 Å². The summed E-state index contributed by atoms with van der Waals surface area (Å²) in [7, 11) is 1.75. The zero-order valence-corrected chi connectivity index (χ0v) is 19.4. The van der Waals surface area contributed by atoms with Gasteiger partial charge in [0.1, 0.15) is 5.84 Å². The van der Waals surface area contributed by atoms with Crippen molar-refractivity contribution in [1.29, 1.82) is 5.41 Å². The van der Waals surface area contributed by atoms with E-state index >= 15 is 0 Å². The maximum atomic E-state index is 13.0. The van der Waals surface area contributed by atoms with Crippen LogP contribution in [0.2, 0.25) is 5.02 Å². The van der Waals surface area contributed by atoms with Gasteiger partial charge in [-0.15, -0.1) is 0 Å². The van der Waals surface area contributed by atoms with Crippen LogP contribution < -0.4 is 16.4 Å². The third kappa shape index (κ3) is 6.81. The molecule has 0 aliphatic carbocycles. The van der Waals surface area contributed by atoms with Crippen LogP contribution in [0, 0.1) is 5.41 Å². The first-order valence-corrected chi connectivity index (χ1v) is 10.9. The van der Waals surface area contributed by atoms with E-state index in [1.165, 1.54) is 0 Å². The molecular formula is C25H26ClN5O3. The number of hydrogen-bond donors (Lipinski definition) is 5. The summed E-state index contributed by atoms with van der Waals surface area (Å²) < 4.78 is 0. The van der Waals surface area contributed by atoms with Gasteiger partial charge in [0, 0.05) is 35.1 Å². The summed E-state index contributed by atoms with van der Waals surface area (Å²) in [5.41, 5.74) is 9.57. The van der Waals surface area contributed by atoms with E-state index in [-0.39, 0.29) is 18.3 Å². The summed E-state index contributed by atoms with van der Waals surface area (Å²) in [4.78, 5) is 25.7. The van der Waals surface area contributed by atoms with Gasteiger partial charge in [0.25, 0.3) is 5.91 Å². The minimum Gasteiger partial charge on any atom is -0.480 e. The maximum Gasteiger partial charge on any atom is 0.317 e.